The molecule has 1 heterocycles. The molecular formula is C14H17NO2S. The second kappa shape index (κ2) is 6.42. The van der Waals surface area contributed by atoms with Gasteiger partial charge in [0, 0.05) is 18.2 Å². The Bertz CT molecular complexity index is 483. The third-order valence-electron chi connectivity index (χ3n) is 2.78. The van der Waals surface area contributed by atoms with Crippen LogP contribution in [0.2, 0.25) is 0 Å². The maximum atomic E-state index is 9.79. The molecule has 1 aromatic carbocycles. The molecule has 2 N–H and O–H groups in total. The minimum atomic E-state index is 0.275. The molecule has 0 spiro atoms. The van der Waals surface area contributed by atoms with Crippen LogP contribution in [0, 0.1) is 0 Å². The average Bonchev–Trinajstić information content (AvgIpc) is 2.89. The van der Waals surface area contributed by atoms with Gasteiger partial charge in [-0.1, -0.05) is 6.07 Å². The summed E-state index contributed by atoms with van der Waals surface area (Å²) in [6.45, 7) is 1.57. The van der Waals surface area contributed by atoms with Gasteiger partial charge in [-0.3, -0.25) is 0 Å². The Kier molecular flexibility index (Phi) is 4.61. The van der Waals surface area contributed by atoms with Crippen molar-refractivity contribution in [2.45, 2.75) is 13.0 Å². The number of thiophene rings is 1. The number of hydrogen-bond donors (Lipinski definition) is 2. The number of phenols is 1. The second-order valence-corrected chi connectivity index (χ2v) is 4.83. The highest BCUT2D eigenvalue weighted by atomic mass is 32.1. The van der Waals surface area contributed by atoms with Crippen molar-refractivity contribution in [2.75, 3.05) is 13.7 Å². The molecule has 3 nitrogen and oxygen atoms in total. The number of nitrogens with one attached hydrogen (secondary N) is 1. The van der Waals surface area contributed by atoms with Crippen LogP contribution in [0.4, 0.5) is 0 Å². The summed E-state index contributed by atoms with van der Waals surface area (Å²) in [6.07, 6.45) is 1.01. The van der Waals surface area contributed by atoms with Crippen molar-refractivity contribution < 1.29 is 9.84 Å². The van der Waals surface area contributed by atoms with E-state index >= 15 is 0 Å². The summed E-state index contributed by atoms with van der Waals surface area (Å²) in [5.41, 5.74) is 2.24. The first-order chi connectivity index (χ1) is 8.79. The maximum Gasteiger partial charge on any atom is 0.123 e. The van der Waals surface area contributed by atoms with Gasteiger partial charge in [0.05, 0.1) is 7.11 Å². The molecule has 1 aromatic heterocycles. The number of aromatic hydroxyl groups is 1. The van der Waals surface area contributed by atoms with Crippen LogP contribution in [0.1, 0.15) is 11.1 Å². The Hall–Kier alpha value is -1.52. The maximum absolute atomic E-state index is 9.79. The number of phenolic OH excluding ortho intramolecular Hbond substituents is 1. The van der Waals surface area contributed by atoms with Crippen molar-refractivity contribution >= 4 is 11.3 Å². The third kappa shape index (κ3) is 3.48. The Balaban J connectivity index is 1.79. The van der Waals surface area contributed by atoms with Gasteiger partial charge in [-0.15, -0.1) is 0 Å². The lowest BCUT2D eigenvalue weighted by Gasteiger charge is -2.08. The van der Waals surface area contributed by atoms with E-state index in [1.165, 1.54) is 5.56 Å². The average molecular weight is 263 g/mol. The zero-order chi connectivity index (χ0) is 12.8. The fourth-order valence-corrected chi connectivity index (χ4v) is 2.41. The number of methoxy groups -OCH3 is 1. The zero-order valence-electron chi connectivity index (χ0n) is 10.3. The van der Waals surface area contributed by atoms with Crippen LogP contribution >= 0.6 is 11.3 Å². The predicted molar refractivity (Wildman–Crippen MR) is 74.4 cm³/mol. The van der Waals surface area contributed by atoms with Gasteiger partial charge in [-0.2, -0.15) is 11.3 Å². The van der Waals surface area contributed by atoms with Gasteiger partial charge < -0.3 is 15.2 Å². The van der Waals surface area contributed by atoms with Crippen LogP contribution in [0.15, 0.2) is 35.0 Å². The van der Waals surface area contributed by atoms with Crippen LogP contribution in [-0.4, -0.2) is 18.8 Å². The molecule has 0 unspecified atom stereocenters. The van der Waals surface area contributed by atoms with Crippen molar-refractivity contribution in [1.29, 1.82) is 0 Å². The fraction of sp³-hybridized carbons (Fsp3) is 0.286. The van der Waals surface area contributed by atoms with Crippen molar-refractivity contribution in [3.05, 3.63) is 46.2 Å². The van der Waals surface area contributed by atoms with Crippen LogP contribution in [-0.2, 0) is 13.0 Å². The SMILES string of the molecule is COc1ccc(CNCCc2ccsc2)c(O)c1. The highest BCUT2D eigenvalue weighted by molar-refractivity contribution is 7.07. The van der Waals surface area contributed by atoms with Gasteiger partial charge in [0.15, 0.2) is 0 Å². The molecule has 0 aliphatic carbocycles. The van der Waals surface area contributed by atoms with Crippen LogP contribution in [0.3, 0.4) is 0 Å². The summed E-state index contributed by atoms with van der Waals surface area (Å²) < 4.78 is 5.05. The standard InChI is InChI=1S/C14H17NO2S/c1-17-13-3-2-12(14(16)8-13)9-15-6-4-11-5-7-18-10-11/h2-3,5,7-8,10,15-16H,4,6,9H2,1H3. The van der Waals surface area contributed by atoms with E-state index in [-0.39, 0.29) is 5.75 Å². The first kappa shape index (κ1) is 12.9. The molecule has 0 fully saturated rings. The minimum absolute atomic E-state index is 0.275. The topological polar surface area (TPSA) is 41.5 Å². The van der Waals surface area contributed by atoms with E-state index < -0.39 is 0 Å². The lowest BCUT2D eigenvalue weighted by atomic mass is 10.2. The first-order valence-electron chi connectivity index (χ1n) is 5.87. The molecule has 0 saturated heterocycles. The molecule has 0 aliphatic rings. The number of hydrogen-bond acceptors (Lipinski definition) is 4. The van der Waals surface area contributed by atoms with Crippen LogP contribution in [0.5, 0.6) is 11.5 Å². The third-order valence-corrected chi connectivity index (χ3v) is 3.51. The highest BCUT2D eigenvalue weighted by Crippen LogP contribution is 2.23. The number of ether oxygens (including phenoxy) is 1. The molecule has 96 valence electrons. The molecule has 4 heteroatoms. The smallest absolute Gasteiger partial charge is 0.123 e. The largest absolute Gasteiger partial charge is 0.507 e. The number of benzene rings is 1. The molecular weight excluding hydrogens is 246 g/mol. The summed E-state index contributed by atoms with van der Waals surface area (Å²) in [5, 5.41) is 17.4. The van der Waals surface area contributed by atoms with E-state index in [2.05, 4.69) is 22.1 Å². The van der Waals surface area contributed by atoms with Crippen molar-refractivity contribution in [2.24, 2.45) is 0 Å². The van der Waals surface area contributed by atoms with Crippen molar-refractivity contribution in [3.8, 4) is 11.5 Å². The molecule has 0 aliphatic heterocycles. The van der Waals surface area contributed by atoms with E-state index in [1.807, 2.05) is 12.1 Å². The second-order valence-electron chi connectivity index (χ2n) is 4.05. The van der Waals surface area contributed by atoms with Gasteiger partial charge in [0.25, 0.3) is 0 Å². The van der Waals surface area contributed by atoms with E-state index in [9.17, 15) is 5.11 Å². The molecule has 0 amide bonds. The number of rotatable bonds is 6. The zero-order valence-corrected chi connectivity index (χ0v) is 11.2. The van der Waals surface area contributed by atoms with Gasteiger partial charge in [0.2, 0.25) is 0 Å². The molecule has 0 bridgehead atoms. The van der Waals surface area contributed by atoms with Crippen molar-refractivity contribution in [3.63, 3.8) is 0 Å². The summed E-state index contributed by atoms with van der Waals surface area (Å²) in [4.78, 5) is 0. The lowest BCUT2D eigenvalue weighted by Crippen LogP contribution is -2.16. The quantitative estimate of drug-likeness (QED) is 0.787. The molecule has 0 saturated carbocycles. The Labute approximate surface area is 111 Å². The fourth-order valence-electron chi connectivity index (χ4n) is 1.71. The predicted octanol–water partition coefficient (Wildman–Crippen LogP) is 2.79. The monoisotopic (exact) mass is 263 g/mol. The molecule has 2 aromatic rings. The van der Waals surface area contributed by atoms with E-state index in [1.54, 1.807) is 24.5 Å². The Morgan fingerprint density at radius 1 is 1.33 bits per heavy atom. The Morgan fingerprint density at radius 2 is 2.22 bits per heavy atom. The van der Waals surface area contributed by atoms with Gasteiger partial charge in [-0.25, -0.2) is 0 Å². The van der Waals surface area contributed by atoms with E-state index in [0.29, 0.717) is 12.3 Å². The molecule has 0 radical (unpaired) electrons. The Morgan fingerprint density at radius 3 is 2.89 bits per heavy atom. The highest BCUT2D eigenvalue weighted by Gasteiger charge is 2.02. The van der Waals surface area contributed by atoms with Crippen LogP contribution in [0.25, 0.3) is 0 Å². The van der Waals surface area contributed by atoms with E-state index in [0.717, 1.165) is 18.5 Å². The normalized spacial score (nSPS) is 10.5. The summed E-state index contributed by atoms with van der Waals surface area (Å²) in [7, 11) is 1.59. The lowest BCUT2D eigenvalue weighted by molar-refractivity contribution is 0.406. The van der Waals surface area contributed by atoms with Gasteiger partial charge >= 0.3 is 0 Å². The van der Waals surface area contributed by atoms with Gasteiger partial charge in [0.1, 0.15) is 11.5 Å². The molecule has 18 heavy (non-hydrogen) atoms. The first-order valence-corrected chi connectivity index (χ1v) is 6.81. The molecule has 0 atom stereocenters. The van der Waals surface area contributed by atoms with Crippen LogP contribution < -0.4 is 10.1 Å². The van der Waals surface area contributed by atoms with Crippen molar-refractivity contribution in [1.82, 2.24) is 5.32 Å². The summed E-state index contributed by atoms with van der Waals surface area (Å²) in [5.74, 6) is 0.951. The summed E-state index contributed by atoms with van der Waals surface area (Å²) >= 11 is 1.72. The minimum Gasteiger partial charge on any atom is -0.507 e. The van der Waals surface area contributed by atoms with Gasteiger partial charge in [-0.05, 0) is 41.4 Å². The summed E-state index contributed by atoms with van der Waals surface area (Å²) in [6, 6.07) is 7.51. The van der Waals surface area contributed by atoms with E-state index in [4.69, 9.17) is 4.74 Å². The molecule has 2 rings (SSSR count).